The van der Waals surface area contributed by atoms with Gasteiger partial charge in [0.25, 0.3) is 0 Å². The third kappa shape index (κ3) is 2.75. The van der Waals surface area contributed by atoms with E-state index in [1.807, 2.05) is 0 Å². The Morgan fingerprint density at radius 1 is 1.40 bits per heavy atom. The summed E-state index contributed by atoms with van der Waals surface area (Å²) >= 11 is 2.42. The van der Waals surface area contributed by atoms with E-state index in [9.17, 15) is 0 Å². The lowest BCUT2D eigenvalue weighted by molar-refractivity contribution is -0.101. The number of hydrogen-bond acceptors (Lipinski definition) is 3. The van der Waals surface area contributed by atoms with Crippen molar-refractivity contribution in [3.8, 4) is 0 Å². The van der Waals surface area contributed by atoms with Crippen molar-refractivity contribution in [2.24, 2.45) is 11.7 Å². The summed E-state index contributed by atoms with van der Waals surface area (Å²) in [4.78, 5) is 0. The van der Waals surface area contributed by atoms with Crippen molar-refractivity contribution in [2.45, 2.75) is 37.8 Å². The maximum atomic E-state index is 6.59. The molecule has 3 unspecified atom stereocenters. The van der Waals surface area contributed by atoms with Crippen LogP contribution in [0.4, 0.5) is 0 Å². The number of hydrogen-bond donors (Lipinski definition) is 1. The summed E-state index contributed by atoms with van der Waals surface area (Å²) in [5, 5.41) is 0. The van der Waals surface area contributed by atoms with Crippen LogP contribution in [-0.4, -0.2) is 25.4 Å². The minimum Gasteiger partial charge on any atom is -0.378 e. The van der Waals surface area contributed by atoms with Crippen molar-refractivity contribution in [2.75, 3.05) is 19.8 Å². The second-order valence-electron chi connectivity index (χ2n) is 6.09. The predicted octanol–water partition coefficient (Wildman–Crippen LogP) is 3.19. The zero-order valence-corrected chi connectivity index (χ0v) is 14.1. The molecule has 110 valence electrons. The number of ether oxygens (including phenoxy) is 2. The summed E-state index contributed by atoms with van der Waals surface area (Å²) < 4.78 is 12.9. The van der Waals surface area contributed by atoms with Gasteiger partial charge in [0.1, 0.15) is 0 Å². The summed E-state index contributed by atoms with van der Waals surface area (Å²) in [5.74, 6) is 0.487. The van der Waals surface area contributed by atoms with Gasteiger partial charge in [-0.05, 0) is 59.4 Å². The van der Waals surface area contributed by atoms with Gasteiger partial charge in [0.2, 0.25) is 0 Å². The molecule has 2 N–H and O–H groups in total. The lowest BCUT2D eigenvalue weighted by Gasteiger charge is -2.39. The highest BCUT2D eigenvalue weighted by molar-refractivity contribution is 14.1. The van der Waals surface area contributed by atoms with E-state index in [0.717, 1.165) is 39.1 Å². The number of benzene rings is 1. The molecule has 0 aromatic heterocycles. The van der Waals surface area contributed by atoms with Crippen LogP contribution in [0.2, 0.25) is 0 Å². The van der Waals surface area contributed by atoms with Gasteiger partial charge in [0, 0.05) is 29.2 Å². The molecule has 3 nitrogen and oxygen atoms in total. The van der Waals surface area contributed by atoms with Crippen LogP contribution in [0.1, 0.15) is 36.4 Å². The molecule has 3 atom stereocenters. The van der Waals surface area contributed by atoms with Gasteiger partial charge in [0.15, 0.2) is 0 Å². The standard InChI is InChI=1S/C16H22INO2/c1-11-3-2-4-13(14(11)17)15(18)12-5-7-20-16(9-12)6-8-19-10-16/h2-4,12,15H,5-10,18H2,1H3. The summed E-state index contributed by atoms with van der Waals surface area (Å²) in [5.41, 5.74) is 9.12. The van der Waals surface area contributed by atoms with Gasteiger partial charge in [-0.25, -0.2) is 0 Å². The normalized spacial score (nSPS) is 31.6. The van der Waals surface area contributed by atoms with E-state index >= 15 is 0 Å². The maximum absolute atomic E-state index is 6.59. The first-order valence-corrected chi connectivity index (χ1v) is 8.41. The number of aryl methyl sites for hydroxylation is 1. The number of rotatable bonds is 2. The molecule has 20 heavy (non-hydrogen) atoms. The molecule has 0 saturated carbocycles. The van der Waals surface area contributed by atoms with Gasteiger partial charge in [-0.3, -0.25) is 0 Å². The topological polar surface area (TPSA) is 44.5 Å². The molecule has 2 aliphatic rings. The van der Waals surface area contributed by atoms with E-state index in [1.165, 1.54) is 14.7 Å². The zero-order chi connectivity index (χ0) is 14.2. The van der Waals surface area contributed by atoms with Gasteiger partial charge < -0.3 is 15.2 Å². The van der Waals surface area contributed by atoms with E-state index in [4.69, 9.17) is 15.2 Å². The predicted molar refractivity (Wildman–Crippen MR) is 87.7 cm³/mol. The highest BCUT2D eigenvalue weighted by Gasteiger charge is 2.42. The molecule has 3 rings (SSSR count). The molecule has 2 heterocycles. The van der Waals surface area contributed by atoms with Crippen LogP contribution in [0.25, 0.3) is 0 Å². The smallest absolute Gasteiger partial charge is 0.0940 e. The highest BCUT2D eigenvalue weighted by Crippen LogP contribution is 2.41. The average molecular weight is 387 g/mol. The third-order valence-electron chi connectivity index (χ3n) is 4.69. The Kier molecular flexibility index (Phi) is 4.36. The van der Waals surface area contributed by atoms with Crippen molar-refractivity contribution >= 4 is 22.6 Å². The van der Waals surface area contributed by atoms with Gasteiger partial charge in [0.05, 0.1) is 12.2 Å². The first kappa shape index (κ1) is 14.8. The Morgan fingerprint density at radius 3 is 3.00 bits per heavy atom. The molecule has 0 amide bonds. The first-order chi connectivity index (χ1) is 9.61. The fraction of sp³-hybridized carbons (Fsp3) is 0.625. The minimum absolute atomic E-state index is 0.0597. The Bertz CT molecular complexity index is 485. The zero-order valence-electron chi connectivity index (χ0n) is 11.9. The average Bonchev–Trinajstić information content (AvgIpc) is 2.89. The van der Waals surface area contributed by atoms with Gasteiger partial charge >= 0.3 is 0 Å². The molecular formula is C16H22INO2. The fourth-order valence-corrected chi connectivity index (χ4v) is 4.14. The summed E-state index contributed by atoms with van der Waals surface area (Å²) in [6, 6.07) is 6.53. The summed E-state index contributed by atoms with van der Waals surface area (Å²) in [6.45, 7) is 4.52. The third-order valence-corrected chi connectivity index (χ3v) is 6.16. The van der Waals surface area contributed by atoms with Crippen LogP contribution in [0.5, 0.6) is 0 Å². The van der Waals surface area contributed by atoms with Crippen LogP contribution in [-0.2, 0) is 9.47 Å². The molecule has 4 heteroatoms. The van der Waals surface area contributed by atoms with Crippen molar-refractivity contribution in [3.63, 3.8) is 0 Å². The molecule has 2 saturated heterocycles. The van der Waals surface area contributed by atoms with Crippen LogP contribution in [0.15, 0.2) is 18.2 Å². The summed E-state index contributed by atoms with van der Waals surface area (Å²) in [7, 11) is 0. The van der Waals surface area contributed by atoms with Gasteiger partial charge in [-0.2, -0.15) is 0 Å². The molecule has 0 bridgehead atoms. The van der Waals surface area contributed by atoms with Crippen LogP contribution in [0.3, 0.4) is 0 Å². The Balaban J connectivity index is 1.79. The number of nitrogens with two attached hydrogens (primary N) is 1. The van der Waals surface area contributed by atoms with E-state index in [-0.39, 0.29) is 11.6 Å². The molecule has 0 radical (unpaired) electrons. The number of halogens is 1. The summed E-state index contributed by atoms with van der Waals surface area (Å²) in [6.07, 6.45) is 3.09. The van der Waals surface area contributed by atoms with E-state index in [2.05, 4.69) is 47.7 Å². The van der Waals surface area contributed by atoms with Gasteiger partial charge in [-0.15, -0.1) is 0 Å². The van der Waals surface area contributed by atoms with E-state index in [1.54, 1.807) is 0 Å². The van der Waals surface area contributed by atoms with Crippen LogP contribution in [0, 0.1) is 16.4 Å². The lowest BCUT2D eigenvalue weighted by Crippen LogP contribution is -2.43. The molecule has 0 aliphatic carbocycles. The van der Waals surface area contributed by atoms with Crippen molar-refractivity contribution in [3.05, 3.63) is 32.9 Å². The molecule has 1 aromatic carbocycles. The quantitative estimate of drug-likeness (QED) is 0.793. The highest BCUT2D eigenvalue weighted by atomic mass is 127. The van der Waals surface area contributed by atoms with E-state index in [0.29, 0.717) is 5.92 Å². The Hall–Kier alpha value is -0.170. The van der Waals surface area contributed by atoms with Crippen LogP contribution >= 0.6 is 22.6 Å². The fourth-order valence-electron chi connectivity index (χ4n) is 3.42. The molecular weight excluding hydrogens is 365 g/mol. The van der Waals surface area contributed by atoms with E-state index < -0.39 is 0 Å². The Labute approximate surface area is 134 Å². The van der Waals surface area contributed by atoms with Crippen molar-refractivity contribution in [1.29, 1.82) is 0 Å². The molecule has 1 aromatic rings. The second-order valence-corrected chi connectivity index (χ2v) is 7.17. The monoisotopic (exact) mass is 387 g/mol. The molecule has 2 fully saturated rings. The van der Waals surface area contributed by atoms with Crippen molar-refractivity contribution < 1.29 is 9.47 Å². The minimum atomic E-state index is -0.0597. The van der Waals surface area contributed by atoms with Crippen LogP contribution < -0.4 is 5.73 Å². The maximum Gasteiger partial charge on any atom is 0.0940 e. The molecule has 1 spiro atoms. The first-order valence-electron chi connectivity index (χ1n) is 7.34. The largest absolute Gasteiger partial charge is 0.378 e. The van der Waals surface area contributed by atoms with Crippen molar-refractivity contribution in [1.82, 2.24) is 0 Å². The SMILES string of the molecule is Cc1cccc(C(N)C2CCOC3(CCOC3)C2)c1I. The van der Waals surface area contributed by atoms with Gasteiger partial charge in [-0.1, -0.05) is 18.2 Å². The lowest BCUT2D eigenvalue weighted by atomic mass is 9.79. The Morgan fingerprint density at radius 2 is 2.25 bits per heavy atom. The molecule has 2 aliphatic heterocycles. The second kappa shape index (κ2) is 5.91.